The van der Waals surface area contributed by atoms with E-state index >= 15 is 0 Å². The number of hydrogen-bond donors (Lipinski definition) is 0. The molecule has 15 heavy (non-hydrogen) atoms. The van der Waals surface area contributed by atoms with E-state index in [4.69, 9.17) is 0 Å². The summed E-state index contributed by atoms with van der Waals surface area (Å²) in [6, 6.07) is 0. The zero-order valence-corrected chi connectivity index (χ0v) is 11.6. The molecule has 0 heterocycles. The summed E-state index contributed by atoms with van der Waals surface area (Å²) in [4.78, 5) is 0. The maximum absolute atomic E-state index is 13.5. The monoisotopic (exact) mass is 236 g/mol. The highest BCUT2D eigenvalue weighted by atomic mass is 31.0. The van der Waals surface area contributed by atoms with Crippen LogP contribution >= 0.6 is 9.24 Å². The Morgan fingerprint density at radius 3 is 1.80 bits per heavy atom. The Morgan fingerprint density at radius 1 is 1.20 bits per heavy atom. The van der Waals surface area contributed by atoms with Crippen LogP contribution in [0.1, 0.15) is 53.9 Å². The van der Waals surface area contributed by atoms with Gasteiger partial charge in [0.25, 0.3) is 5.66 Å². The van der Waals surface area contributed by atoms with E-state index in [0.29, 0.717) is 19.3 Å². The summed E-state index contributed by atoms with van der Waals surface area (Å²) in [5.74, 6) is 0. The van der Waals surface area contributed by atoms with E-state index in [0.717, 1.165) is 0 Å². The lowest BCUT2D eigenvalue weighted by molar-refractivity contribution is -0.190. The molecule has 0 saturated heterocycles. The van der Waals surface area contributed by atoms with Gasteiger partial charge in [0.15, 0.2) is 0 Å². The van der Waals surface area contributed by atoms with Crippen LogP contribution in [-0.2, 0) is 0 Å². The molecule has 0 aliphatic heterocycles. The summed E-state index contributed by atoms with van der Waals surface area (Å²) >= 11 is 0. The van der Waals surface area contributed by atoms with E-state index < -0.39 is 11.1 Å². The first-order valence-electron chi connectivity index (χ1n) is 5.64. The van der Waals surface area contributed by atoms with E-state index in [1.54, 1.807) is 9.24 Å². The van der Waals surface area contributed by atoms with Gasteiger partial charge in [-0.25, -0.2) is 8.78 Å². The standard InChI is InChI=1S/C12H23F2P/c1-6-11(12(13,14)15)7-10(5,8-11)9(2,3)4/h6-8,15H2,1-5H3. The zero-order valence-electron chi connectivity index (χ0n) is 10.5. The molecule has 1 fully saturated rings. The lowest BCUT2D eigenvalue weighted by Gasteiger charge is -2.62. The molecule has 0 bridgehead atoms. The molecular weight excluding hydrogens is 213 g/mol. The topological polar surface area (TPSA) is 0 Å². The molecule has 0 spiro atoms. The fraction of sp³-hybridized carbons (Fsp3) is 1.00. The van der Waals surface area contributed by atoms with Gasteiger partial charge in [0.1, 0.15) is 0 Å². The third kappa shape index (κ3) is 1.95. The van der Waals surface area contributed by atoms with Crippen LogP contribution in [0, 0.1) is 16.2 Å². The molecule has 3 heteroatoms. The van der Waals surface area contributed by atoms with Gasteiger partial charge in [0.05, 0.1) is 0 Å². The molecule has 90 valence electrons. The Balaban J connectivity index is 2.84. The number of alkyl halides is 2. The normalized spacial score (nSPS) is 37.6. The Bertz CT molecular complexity index is 241. The van der Waals surface area contributed by atoms with Gasteiger partial charge in [-0.2, -0.15) is 0 Å². The molecule has 0 aromatic carbocycles. The predicted octanol–water partition coefficient (Wildman–Crippen LogP) is 4.70. The molecule has 1 aliphatic carbocycles. The van der Waals surface area contributed by atoms with Gasteiger partial charge >= 0.3 is 0 Å². The smallest absolute Gasteiger partial charge is 0.202 e. The SMILES string of the molecule is CCC1(C(F)(F)P)CC(C)(C(C)(C)C)C1. The second-order valence-electron chi connectivity index (χ2n) is 6.42. The summed E-state index contributed by atoms with van der Waals surface area (Å²) in [6.07, 6.45) is 1.84. The molecule has 0 nitrogen and oxygen atoms in total. The Kier molecular flexibility index (Phi) is 3.02. The second kappa shape index (κ2) is 3.39. The molecule has 0 N–H and O–H groups in total. The summed E-state index contributed by atoms with van der Waals surface area (Å²) in [5, 5.41) is 0. The van der Waals surface area contributed by atoms with E-state index in [2.05, 4.69) is 27.7 Å². The van der Waals surface area contributed by atoms with E-state index in [-0.39, 0.29) is 10.8 Å². The summed E-state index contributed by atoms with van der Waals surface area (Å²) < 4.78 is 27.0. The van der Waals surface area contributed by atoms with Crippen molar-refractivity contribution in [1.82, 2.24) is 0 Å². The van der Waals surface area contributed by atoms with Crippen LogP contribution in [0.5, 0.6) is 0 Å². The van der Waals surface area contributed by atoms with Crippen molar-refractivity contribution in [3.63, 3.8) is 0 Å². The van der Waals surface area contributed by atoms with Gasteiger partial charge in [0.2, 0.25) is 0 Å². The molecule has 1 rings (SSSR count). The van der Waals surface area contributed by atoms with E-state index in [1.807, 2.05) is 6.92 Å². The number of halogens is 2. The maximum atomic E-state index is 13.5. The zero-order chi connectivity index (χ0) is 12.1. The Labute approximate surface area is 94.4 Å². The van der Waals surface area contributed by atoms with Crippen LogP contribution in [0.3, 0.4) is 0 Å². The molecule has 1 atom stereocenters. The maximum Gasteiger partial charge on any atom is 0.264 e. The van der Waals surface area contributed by atoms with Crippen molar-refractivity contribution in [3.05, 3.63) is 0 Å². The summed E-state index contributed by atoms with van der Waals surface area (Å²) in [5.41, 5.74) is -3.23. The van der Waals surface area contributed by atoms with Gasteiger partial charge in [-0.1, -0.05) is 43.9 Å². The number of rotatable bonds is 2. The second-order valence-corrected chi connectivity index (χ2v) is 7.15. The largest absolute Gasteiger partial charge is 0.264 e. The fourth-order valence-electron chi connectivity index (χ4n) is 2.69. The van der Waals surface area contributed by atoms with Gasteiger partial charge in [0, 0.05) is 5.41 Å². The van der Waals surface area contributed by atoms with Gasteiger partial charge in [-0.05, 0) is 30.1 Å². The minimum absolute atomic E-state index is 0.0585. The van der Waals surface area contributed by atoms with E-state index in [1.165, 1.54) is 0 Å². The van der Waals surface area contributed by atoms with Crippen LogP contribution in [0.25, 0.3) is 0 Å². The van der Waals surface area contributed by atoms with Crippen molar-refractivity contribution in [3.8, 4) is 0 Å². The van der Waals surface area contributed by atoms with Crippen molar-refractivity contribution >= 4 is 9.24 Å². The van der Waals surface area contributed by atoms with Crippen molar-refractivity contribution < 1.29 is 8.78 Å². The highest BCUT2D eigenvalue weighted by molar-refractivity contribution is 7.18. The highest BCUT2D eigenvalue weighted by Crippen LogP contribution is 2.69. The number of hydrogen-bond acceptors (Lipinski definition) is 0. The third-order valence-corrected chi connectivity index (χ3v) is 5.26. The molecule has 0 aromatic rings. The van der Waals surface area contributed by atoms with E-state index in [9.17, 15) is 8.78 Å². The molecule has 0 radical (unpaired) electrons. The minimum Gasteiger partial charge on any atom is -0.202 e. The van der Waals surface area contributed by atoms with Crippen molar-refractivity contribution in [2.24, 2.45) is 16.2 Å². The van der Waals surface area contributed by atoms with Crippen LogP contribution in [0.15, 0.2) is 0 Å². The Hall–Kier alpha value is 0.290. The fourth-order valence-corrected chi connectivity index (χ4v) is 3.10. The highest BCUT2D eigenvalue weighted by Gasteiger charge is 2.64. The predicted molar refractivity (Wildman–Crippen MR) is 64.2 cm³/mol. The molecular formula is C12H23F2P. The first-order chi connectivity index (χ1) is 6.47. The average Bonchev–Trinajstić information content (AvgIpc) is 1.93. The molecule has 0 amide bonds. The molecule has 0 aromatic heterocycles. The lowest BCUT2D eigenvalue weighted by Crippen LogP contribution is -2.57. The lowest BCUT2D eigenvalue weighted by atomic mass is 9.45. The summed E-state index contributed by atoms with van der Waals surface area (Å²) in [7, 11) is 1.74. The van der Waals surface area contributed by atoms with Gasteiger partial charge < -0.3 is 0 Å². The molecule has 1 aliphatic rings. The average molecular weight is 236 g/mol. The van der Waals surface area contributed by atoms with Crippen LogP contribution in [-0.4, -0.2) is 5.66 Å². The van der Waals surface area contributed by atoms with Crippen molar-refractivity contribution in [1.29, 1.82) is 0 Å². The minimum atomic E-state index is -2.62. The van der Waals surface area contributed by atoms with Gasteiger partial charge in [-0.3, -0.25) is 0 Å². The van der Waals surface area contributed by atoms with Crippen LogP contribution < -0.4 is 0 Å². The quantitative estimate of drug-likeness (QED) is 0.610. The van der Waals surface area contributed by atoms with Crippen molar-refractivity contribution in [2.75, 3.05) is 0 Å². The Morgan fingerprint density at radius 2 is 1.60 bits per heavy atom. The van der Waals surface area contributed by atoms with Gasteiger partial charge in [-0.15, -0.1) is 0 Å². The first-order valence-corrected chi connectivity index (χ1v) is 6.22. The van der Waals surface area contributed by atoms with Crippen molar-refractivity contribution in [2.45, 2.75) is 59.5 Å². The molecule has 1 saturated carbocycles. The first kappa shape index (κ1) is 13.4. The third-order valence-electron chi connectivity index (χ3n) is 4.65. The summed E-state index contributed by atoms with van der Waals surface area (Å²) in [6.45, 7) is 10.5. The molecule has 1 unspecified atom stereocenters. The van der Waals surface area contributed by atoms with Crippen LogP contribution in [0.2, 0.25) is 0 Å². The van der Waals surface area contributed by atoms with Crippen LogP contribution in [0.4, 0.5) is 8.78 Å².